The van der Waals surface area contributed by atoms with Gasteiger partial charge in [0.15, 0.2) is 0 Å². The molecule has 2 aromatic carbocycles. The molecule has 0 saturated heterocycles. The lowest BCUT2D eigenvalue weighted by molar-refractivity contribution is 0.171. The number of aliphatic hydroxyl groups is 1. The fourth-order valence-corrected chi connectivity index (χ4v) is 4.76. The van der Waals surface area contributed by atoms with Crippen molar-refractivity contribution in [1.82, 2.24) is 21.0 Å². The molecule has 2 aliphatic rings. The van der Waals surface area contributed by atoms with E-state index in [4.69, 9.17) is 11.6 Å². The van der Waals surface area contributed by atoms with Crippen LogP contribution in [0, 0.1) is 22.6 Å². The second kappa shape index (κ2) is 9.99. The van der Waals surface area contributed by atoms with Crippen molar-refractivity contribution in [1.29, 1.82) is 5.26 Å². The summed E-state index contributed by atoms with van der Waals surface area (Å²) in [6.07, 6.45) is 5.78. The molecule has 5 rings (SSSR count). The fourth-order valence-electron chi connectivity index (χ4n) is 4.49. The van der Waals surface area contributed by atoms with Crippen LogP contribution in [0.15, 0.2) is 54.5 Å². The SMILES string of the molecule is BC(Nc1cc(Cl)c2ncc(C#N)c(NCC(C)(C)CO)c2c1)(C1=CN(C2CC2)NN1)c1ccc(F)cc1. The number of benzene rings is 2. The van der Waals surface area contributed by atoms with Gasteiger partial charge in [-0.1, -0.05) is 37.6 Å². The first-order valence-electron chi connectivity index (χ1n) is 12.6. The molecule has 8 nitrogen and oxygen atoms in total. The Labute approximate surface area is 227 Å². The molecule has 3 aromatic rings. The van der Waals surface area contributed by atoms with Crippen molar-refractivity contribution in [3.63, 3.8) is 0 Å². The van der Waals surface area contributed by atoms with Gasteiger partial charge < -0.3 is 21.2 Å². The third-order valence-electron chi connectivity index (χ3n) is 7.10. The maximum Gasteiger partial charge on any atom is 0.148 e. The normalized spacial score (nSPS) is 16.9. The highest BCUT2D eigenvalue weighted by Crippen LogP contribution is 2.38. The molecule has 1 aliphatic carbocycles. The number of nitrogens with zero attached hydrogens (tertiary/aromatic N) is 3. The minimum atomic E-state index is -0.784. The zero-order valence-electron chi connectivity index (χ0n) is 21.6. The average molecular weight is 534 g/mol. The monoisotopic (exact) mass is 533 g/mol. The number of halogens is 2. The van der Waals surface area contributed by atoms with E-state index in [0.717, 1.165) is 24.1 Å². The van der Waals surface area contributed by atoms with Crippen molar-refractivity contribution in [2.24, 2.45) is 5.41 Å². The Hall–Kier alpha value is -3.52. The number of pyridine rings is 1. The molecule has 0 spiro atoms. The lowest BCUT2D eigenvalue weighted by atomic mass is 9.69. The molecule has 1 saturated carbocycles. The topological polar surface area (TPSA) is 108 Å². The van der Waals surface area contributed by atoms with Gasteiger partial charge in [0.25, 0.3) is 0 Å². The Balaban J connectivity index is 1.59. The summed E-state index contributed by atoms with van der Waals surface area (Å²) < 4.78 is 13.8. The van der Waals surface area contributed by atoms with E-state index in [1.54, 1.807) is 18.2 Å². The molecule has 5 N–H and O–H groups in total. The highest BCUT2D eigenvalue weighted by Gasteiger charge is 2.38. The van der Waals surface area contributed by atoms with Gasteiger partial charge in [-0.25, -0.2) is 4.39 Å². The fraction of sp³-hybridized carbons (Fsp3) is 0.333. The van der Waals surface area contributed by atoms with Crippen LogP contribution in [-0.2, 0) is 5.44 Å². The Morgan fingerprint density at radius 3 is 2.68 bits per heavy atom. The van der Waals surface area contributed by atoms with Gasteiger partial charge in [-0.3, -0.25) is 9.99 Å². The van der Waals surface area contributed by atoms with Gasteiger partial charge in [0, 0.05) is 48.1 Å². The molecule has 1 atom stereocenters. The maximum atomic E-state index is 13.8. The van der Waals surface area contributed by atoms with E-state index < -0.39 is 10.9 Å². The van der Waals surface area contributed by atoms with Crippen LogP contribution in [0.2, 0.25) is 5.02 Å². The van der Waals surface area contributed by atoms with Crippen molar-refractivity contribution < 1.29 is 9.50 Å². The number of aromatic nitrogens is 1. The lowest BCUT2D eigenvalue weighted by Gasteiger charge is -2.34. The van der Waals surface area contributed by atoms with Crippen LogP contribution < -0.4 is 21.6 Å². The first kappa shape index (κ1) is 26.1. The molecule has 0 amide bonds. The Morgan fingerprint density at radius 2 is 2.03 bits per heavy atom. The summed E-state index contributed by atoms with van der Waals surface area (Å²) in [7, 11) is 2.02. The Morgan fingerprint density at radius 1 is 1.29 bits per heavy atom. The predicted octanol–water partition coefficient (Wildman–Crippen LogP) is 3.56. The number of nitrogens with one attached hydrogen (secondary N) is 4. The second-order valence-electron chi connectivity index (χ2n) is 10.9. The number of hydrogen-bond acceptors (Lipinski definition) is 8. The van der Waals surface area contributed by atoms with Crippen molar-refractivity contribution in [2.75, 3.05) is 23.8 Å². The number of aliphatic hydroxyl groups excluding tert-OH is 1. The van der Waals surface area contributed by atoms with Crippen LogP contribution in [0.25, 0.3) is 10.9 Å². The number of anilines is 2. The van der Waals surface area contributed by atoms with Crippen molar-refractivity contribution >= 4 is 41.7 Å². The first-order valence-corrected chi connectivity index (χ1v) is 12.9. The molecule has 1 aromatic heterocycles. The largest absolute Gasteiger partial charge is 0.396 e. The molecule has 2 heterocycles. The van der Waals surface area contributed by atoms with Crippen molar-refractivity contribution in [2.45, 2.75) is 38.2 Å². The molecule has 1 unspecified atom stereocenters. The minimum Gasteiger partial charge on any atom is -0.396 e. The second-order valence-corrected chi connectivity index (χ2v) is 11.3. The standard InChI is InChI=1S/C27H30BClFN7O/c1-26(2,15-38)14-33-24-16(11-31)12-32-25-21(24)9-19(10-22(25)29)34-27(28,17-3-5-18(30)6-4-17)23-13-37(36-35-23)20-7-8-20/h3-6,9-10,12-13,20,34-36,38H,7-8,14-15,28H2,1-2H3,(H,32,33). The maximum absolute atomic E-state index is 13.8. The molecule has 1 aliphatic heterocycles. The quantitative estimate of drug-likeness (QED) is 0.266. The zero-order chi connectivity index (χ0) is 27.1. The van der Waals surface area contributed by atoms with Crippen LogP contribution in [0.5, 0.6) is 0 Å². The summed E-state index contributed by atoms with van der Waals surface area (Å²) in [5.41, 5.74) is 9.27. The number of fused-ring (bicyclic) bond motifs is 1. The van der Waals surface area contributed by atoms with E-state index in [0.29, 0.717) is 45.5 Å². The van der Waals surface area contributed by atoms with Gasteiger partial charge in [0.2, 0.25) is 0 Å². The highest BCUT2D eigenvalue weighted by molar-refractivity contribution is 6.36. The van der Waals surface area contributed by atoms with Crippen molar-refractivity contribution in [3.05, 3.63) is 76.5 Å². The van der Waals surface area contributed by atoms with Crippen LogP contribution >= 0.6 is 11.6 Å². The van der Waals surface area contributed by atoms with Gasteiger partial charge in [-0.05, 0) is 42.7 Å². The van der Waals surface area contributed by atoms with Crippen LogP contribution in [0.1, 0.15) is 37.8 Å². The first-order chi connectivity index (χ1) is 18.1. The number of hydrazine groups is 2. The van der Waals surface area contributed by atoms with E-state index >= 15 is 0 Å². The Bertz CT molecular complexity index is 1440. The van der Waals surface area contributed by atoms with E-state index in [1.165, 1.54) is 18.3 Å². The smallest absolute Gasteiger partial charge is 0.148 e. The molecule has 38 heavy (non-hydrogen) atoms. The summed E-state index contributed by atoms with van der Waals surface area (Å²) in [5.74, 6) is -0.312. The van der Waals surface area contributed by atoms with E-state index in [1.807, 2.05) is 34.0 Å². The van der Waals surface area contributed by atoms with E-state index in [9.17, 15) is 14.8 Å². The summed E-state index contributed by atoms with van der Waals surface area (Å²) >= 11 is 6.72. The number of nitriles is 1. The van der Waals surface area contributed by atoms with Gasteiger partial charge in [0.1, 0.15) is 19.7 Å². The minimum absolute atomic E-state index is 0.0114. The molecule has 196 valence electrons. The van der Waals surface area contributed by atoms with Gasteiger partial charge >= 0.3 is 0 Å². The van der Waals surface area contributed by atoms with E-state index in [-0.39, 0.29) is 12.4 Å². The molecule has 0 bridgehead atoms. The van der Waals surface area contributed by atoms with Crippen LogP contribution in [-0.4, -0.2) is 42.1 Å². The van der Waals surface area contributed by atoms with Crippen LogP contribution in [0.3, 0.4) is 0 Å². The third-order valence-corrected chi connectivity index (χ3v) is 7.39. The predicted molar refractivity (Wildman–Crippen MR) is 150 cm³/mol. The van der Waals surface area contributed by atoms with Gasteiger partial charge in [0.05, 0.1) is 32.9 Å². The summed E-state index contributed by atoms with van der Waals surface area (Å²) in [6, 6.07) is 12.8. The molecule has 0 radical (unpaired) electrons. The Kier molecular flexibility index (Phi) is 6.86. The molecule has 11 heteroatoms. The number of rotatable bonds is 9. The number of hydrogen-bond donors (Lipinski definition) is 5. The summed E-state index contributed by atoms with van der Waals surface area (Å²) in [5, 5.41) is 29.6. The molecular weight excluding hydrogens is 504 g/mol. The highest BCUT2D eigenvalue weighted by atomic mass is 35.5. The summed E-state index contributed by atoms with van der Waals surface area (Å²) in [4.78, 5) is 4.44. The van der Waals surface area contributed by atoms with Crippen molar-refractivity contribution in [3.8, 4) is 6.07 Å². The molecule has 1 fully saturated rings. The third kappa shape index (κ3) is 5.10. The van der Waals surface area contributed by atoms with E-state index in [2.05, 4.69) is 37.7 Å². The summed E-state index contributed by atoms with van der Waals surface area (Å²) in [6.45, 7) is 4.30. The van der Waals surface area contributed by atoms with Crippen LogP contribution in [0.4, 0.5) is 15.8 Å². The van der Waals surface area contributed by atoms with Gasteiger partial charge in [-0.2, -0.15) is 5.26 Å². The average Bonchev–Trinajstić information content (AvgIpc) is 3.63. The zero-order valence-corrected chi connectivity index (χ0v) is 22.3. The van der Waals surface area contributed by atoms with Gasteiger partial charge in [-0.15, -0.1) is 5.53 Å². The molecular formula is C27H30BClFN7O. The lowest BCUT2D eigenvalue weighted by Crippen LogP contribution is -2.45.